The summed E-state index contributed by atoms with van der Waals surface area (Å²) in [7, 11) is -2.05. The van der Waals surface area contributed by atoms with Crippen LogP contribution in [0, 0.1) is 11.6 Å². The first-order valence-corrected chi connectivity index (χ1v) is 22.3. The predicted octanol–water partition coefficient (Wildman–Crippen LogP) is 7.49. The number of rotatable bonds is 12. The molecule has 3 aromatic carbocycles. The van der Waals surface area contributed by atoms with Gasteiger partial charge in [-0.3, -0.25) is 4.79 Å². The third-order valence-electron chi connectivity index (χ3n) is 12.0. The van der Waals surface area contributed by atoms with Crippen LogP contribution in [-0.4, -0.2) is 79.8 Å². The number of ether oxygens (including phenoxy) is 4. The fraction of sp³-hybridized carbons (Fsp3) is 0.476. The van der Waals surface area contributed by atoms with Crippen LogP contribution in [0.4, 0.5) is 14.5 Å². The fourth-order valence-corrected chi connectivity index (χ4v) is 8.39. The number of aliphatic hydroxyl groups is 1. The average Bonchev–Trinajstić information content (AvgIpc) is 4.11. The number of hydrogen-bond donors (Lipinski definition) is 1. The van der Waals surface area contributed by atoms with E-state index in [9.17, 15) is 14.7 Å². The number of esters is 1. The standard InChI is InChI=1S/C42H49F2N3O8Si/c1-41(2,3)56(4,5)53-24-28-21-46(25-52-28)40(55-34-13-14-35-38(54-35)36(34)44)42(50)15-17-45(18-16-42)33-20-32-29(19-31(33)43)37(48)30(22-47(32)27-11-12-27)39(49)51-23-26-9-7-6-8-10-26/h6-10,13-14,19-20,22,27-28,40,50H,11-12,15-18,21,23-25H2,1-5H3. The number of anilines is 1. The van der Waals surface area contributed by atoms with Crippen molar-refractivity contribution in [2.24, 2.45) is 0 Å². The van der Waals surface area contributed by atoms with Crippen molar-refractivity contribution in [1.29, 1.82) is 0 Å². The molecule has 11 nitrogen and oxygen atoms in total. The molecule has 3 fully saturated rings. The number of fused-ring (bicyclic) bond motifs is 2. The molecule has 2 atom stereocenters. The zero-order valence-corrected chi connectivity index (χ0v) is 33.5. The summed E-state index contributed by atoms with van der Waals surface area (Å²) in [4.78, 5) is 30.5. The molecule has 1 saturated carbocycles. The molecular weight excluding hydrogens is 741 g/mol. The molecule has 0 radical (unpaired) electrons. The molecule has 0 spiro atoms. The lowest BCUT2D eigenvalue weighted by molar-refractivity contribution is -0.148. The molecule has 4 aliphatic rings. The molecule has 2 saturated heterocycles. The third-order valence-corrected chi connectivity index (χ3v) is 16.5. The zero-order chi connectivity index (χ0) is 39.6. The van der Waals surface area contributed by atoms with E-state index in [0.29, 0.717) is 24.4 Å². The van der Waals surface area contributed by atoms with Crippen LogP contribution in [-0.2, 0) is 20.5 Å². The van der Waals surface area contributed by atoms with Crippen LogP contribution >= 0.6 is 0 Å². The van der Waals surface area contributed by atoms with Gasteiger partial charge in [-0.1, -0.05) is 51.1 Å². The van der Waals surface area contributed by atoms with Gasteiger partial charge in [0.15, 0.2) is 26.0 Å². The largest absolute Gasteiger partial charge is 0.469 e. The molecule has 1 aliphatic carbocycles. The summed E-state index contributed by atoms with van der Waals surface area (Å²) in [5.41, 5.74) is -0.596. The molecule has 1 N–H and O–H groups in total. The van der Waals surface area contributed by atoms with Crippen LogP contribution in [0.3, 0.4) is 0 Å². The van der Waals surface area contributed by atoms with Gasteiger partial charge in [0.25, 0.3) is 0 Å². The fourth-order valence-electron chi connectivity index (χ4n) is 7.35. The molecule has 8 rings (SSSR count). The minimum absolute atomic E-state index is 0.00866. The number of pyridine rings is 1. The Hall–Kier alpha value is -4.34. The van der Waals surface area contributed by atoms with E-state index in [1.165, 1.54) is 18.3 Å². The van der Waals surface area contributed by atoms with Crippen LogP contribution in [0.25, 0.3) is 10.9 Å². The van der Waals surface area contributed by atoms with Gasteiger partial charge in [-0.25, -0.2) is 14.1 Å². The number of aromatic nitrogens is 1. The van der Waals surface area contributed by atoms with Crippen molar-refractivity contribution in [3.05, 3.63) is 93.8 Å². The smallest absolute Gasteiger partial charge is 0.343 e. The van der Waals surface area contributed by atoms with Gasteiger partial charge in [-0.15, -0.1) is 0 Å². The maximum Gasteiger partial charge on any atom is 0.343 e. The number of halogens is 2. The van der Waals surface area contributed by atoms with Crippen molar-refractivity contribution in [2.45, 2.75) is 95.2 Å². The summed E-state index contributed by atoms with van der Waals surface area (Å²) in [6, 6.07) is 15.3. The second-order valence-corrected chi connectivity index (χ2v) is 21.8. The molecule has 0 amide bonds. The van der Waals surface area contributed by atoms with Gasteiger partial charge in [0, 0.05) is 37.3 Å². The highest BCUT2D eigenvalue weighted by Crippen LogP contribution is 2.51. The topological polar surface area (TPSA) is 115 Å². The number of benzene rings is 3. The van der Waals surface area contributed by atoms with E-state index < -0.39 is 43.2 Å². The normalized spacial score (nSPS) is 20.1. The number of carbonyl (C=O) groups is 1. The molecule has 1 aromatic heterocycles. The van der Waals surface area contributed by atoms with Crippen LogP contribution < -0.4 is 19.8 Å². The van der Waals surface area contributed by atoms with Gasteiger partial charge >= 0.3 is 5.97 Å². The van der Waals surface area contributed by atoms with E-state index in [0.717, 1.165) is 18.4 Å². The van der Waals surface area contributed by atoms with Gasteiger partial charge in [0.05, 0.1) is 23.9 Å². The van der Waals surface area contributed by atoms with E-state index in [2.05, 4.69) is 33.9 Å². The van der Waals surface area contributed by atoms with Crippen molar-refractivity contribution >= 4 is 30.9 Å². The molecule has 0 bridgehead atoms. The molecule has 2 unspecified atom stereocenters. The van der Waals surface area contributed by atoms with Gasteiger partial charge in [-0.05, 0) is 73.6 Å². The lowest BCUT2D eigenvalue weighted by atomic mass is 9.88. The van der Waals surface area contributed by atoms with Crippen molar-refractivity contribution in [3.63, 3.8) is 0 Å². The molecule has 298 valence electrons. The zero-order valence-electron chi connectivity index (χ0n) is 32.5. The number of piperidine rings is 1. The van der Waals surface area contributed by atoms with E-state index in [-0.39, 0.29) is 84.6 Å². The average molecular weight is 790 g/mol. The van der Waals surface area contributed by atoms with Crippen LogP contribution in [0.2, 0.25) is 18.1 Å². The van der Waals surface area contributed by atoms with Crippen molar-refractivity contribution in [1.82, 2.24) is 9.47 Å². The summed E-state index contributed by atoms with van der Waals surface area (Å²) in [6.45, 7) is 12.3. The number of carbonyl (C=O) groups excluding carboxylic acids is 1. The van der Waals surface area contributed by atoms with Gasteiger partial charge in [0.1, 0.15) is 30.3 Å². The first-order chi connectivity index (χ1) is 26.6. The summed E-state index contributed by atoms with van der Waals surface area (Å²) in [6.07, 6.45) is 2.33. The van der Waals surface area contributed by atoms with E-state index >= 15 is 8.78 Å². The minimum atomic E-state index is -2.05. The van der Waals surface area contributed by atoms with E-state index in [1.807, 2.05) is 44.7 Å². The monoisotopic (exact) mass is 789 g/mol. The molecule has 4 aromatic rings. The van der Waals surface area contributed by atoms with Gasteiger partial charge in [-0.2, -0.15) is 4.39 Å². The lowest BCUT2D eigenvalue weighted by Gasteiger charge is -2.45. The lowest BCUT2D eigenvalue weighted by Crippen LogP contribution is -2.60. The summed E-state index contributed by atoms with van der Waals surface area (Å²) < 4.78 is 62.9. The van der Waals surface area contributed by atoms with E-state index in [4.69, 9.17) is 23.4 Å². The first-order valence-electron chi connectivity index (χ1n) is 19.4. The Morgan fingerprint density at radius 2 is 1.80 bits per heavy atom. The Labute approximate surface area is 325 Å². The number of nitrogens with zero attached hydrogens (tertiary/aromatic N) is 3. The second-order valence-electron chi connectivity index (χ2n) is 17.0. The van der Waals surface area contributed by atoms with Gasteiger partial charge in [0.2, 0.25) is 17.0 Å². The summed E-state index contributed by atoms with van der Waals surface area (Å²) in [5.74, 6) is -1.45. The van der Waals surface area contributed by atoms with Crippen LogP contribution in [0.15, 0.2) is 65.6 Å². The molecule has 3 aliphatic heterocycles. The molecule has 14 heteroatoms. The number of hydrogen-bond acceptors (Lipinski definition) is 10. The van der Waals surface area contributed by atoms with E-state index in [1.54, 1.807) is 12.1 Å². The maximum atomic E-state index is 16.1. The maximum absolute atomic E-state index is 16.1. The minimum Gasteiger partial charge on any atom is -0.469 e. The summed E-state index contributed by atoms with van der Waals surface area (Å²) in [5, 5.41) is 12.5. The first kappa shape index (κ1) is 38.5. The Balaban J connectivity index is 1.02. The van der Waals surface area contributed by atoms with Gasteiger partial charge < -0.3 is 37.9 Å². The third kappa shape index (κ3) is 7.57. The molecular formula is C42H49F2N3O8Si. The van der Waals surface area contributed by atoms with Crippen LogP contribution in [0.5, 0.6) is 17.2 Å². The molecule has 4 heterocycles. The van der Waals surface area contributed by atoms with Crippen LogP contribution in [0.1, 0.15) is 68.4 Å². The highest BCUT2D eigenvalue weighted by Gasteiger charge is 2.48. The van der Waals surface area contributed by atoms with Crippen molar-refractivity contribution in [2.75, 3.05) is 37.9 Å². The summed E-state index contributed by atoms with van der Waals surface area (Å²) >= 11 is 0. The Morgan fingerprint density at radius 3 is 2.50 bits per heavy atom. The quantitative estimate of drug-likeness (QED) is 0.0775. The van der Waals surface area contributed by atoms with Crippen molar-refractivity contribution < 1.29 is 42.1 Å². The van der Waals surface area contributed by atoms with Crippen molar-refractivity contribution in [3.8, 4) is 17.2 Å². The highest BCUT2D eigenvalue weighted by atomic mass is 28.4. The second kappa shape index (κ2) is 14.5. The Kier molecular flexibility index (Phi) is 10.0. The Morgan fingerprint density at radius 1 is 1.07 bits per heavy atom. The highest BCUT2D eigenvalue weighted by molar-refractivity contribution is 6.74. The predicted molar refractivity (Wildman–Crippen MR) is 209 cm³/mol. The molecule has 56 heavy (non-hydrogen) atoms. The Bertz CT molecular complexity index is 2200. The SMILES string of the molecule is CC(C)(C)[Si](C)(C)OCC1CN(C(Oc2ccc3c(c2F)O3)C2(O)CCN(c3cc4c(cc3F)c(=O)c(C(=O)OCc3ccccc3)cn4C3CC3)CC2)CO1.